The number of methoxy groups -OCH3 is 3. The Kier molecular flexibility index (Phi) is 9.99. The van der Waals surface area contributed by atoms with Gasteiger partial charge in [0.15, 0.2) is 11.5 Å². The Morgan fingerprint density at radius 3 is 2.25 bits per heavy atom. The number of hydrogen-bond acceptors (Lipinski definition) is 7. The van der Waals surface area contributed by atoms with Gasteiger partial charge < -0.3 is 28.6 Å². The summed E-state index contributed by atoms with van der Waals surface area (Å²) in [5.74, 6) is 0.371. The van der Waals surface area contributed by atoms with E-state index in [0.717, 1.165) is 24.0 Å². The second kappa shape index (κ2) is 13.2. The van der Waals surface area contributed by atoms with Gasteiger partial charge in [0.05, 0.1) is 40.5 Å². The van der Waals surface area contributed by atoms with Crippen LogP contribution in [0.4, 0.5) is 0 Å². The Balaban J connectivity index is 1.65. The Morgan fingerprint density at radius 2 is 1.64 bits per heavy atom. The van der Waals surface area contributed by atoms with Crippen molar-refractivity contribution in [3.8, 4) is 17.2 Å². The van der Waals surface area contributed by atoms with Crippen LogP contribution in [0.5, 0.6) is 17.2 Å². The summed E-state index contributed by atoms with van der Waals surface area (Å²) in [6, 6.07) is 12.8. The molecule has 2 aromatic rings. The Hall–Kier alpha value is -3.26. The lowest BCUT2D eigenvalue weighted by atomic mass is 9.95. The van der Waals surface area contributed by atoms with Crippen LogP contribution in [-0.2, 0) is 25.7 Å². The van der Waals surface area contributed by atoms with Crippen molar-refractivity contribution in [2.75, 3.05) is 34.5 Å². The van der Waals surface area contributed by atoms with E-state index >= 15 is 0 Å². The first-order valence-corrected chi connectivity index (χ1v) is 12.3. The first kappa shape index (κ1) is 27.3. The molecule has 3 rings (SSSR count). The minimum atomic E-state index is -0.618. The first-order chi connectivity index (χ1) is 17.4. The number of amides is 1. The molecule has 2 aromatic carbocycles. The van der Waals surface area contributed by atoms with Crippen molar-refractivity contribution in [3.63, 3.8) is 0 Å². The van der Waals surface area contributed by atoms with Gasteiger partial charge in [0.1, 0.15) is 12.1 Å². The highest BCUT2D eigenvalue weighted by Gasteiger charge is 2.36. The molecule has 1 aliphatic rings. The molecule has 1 fully saturated rings. The highest BCUT2D eigenvalue weighted by atomic mass is 16.6. The monoisotopic (exact) mass is 499 g/mol. The average molecular weight is 500 g/mol. The summed E-state index contributed by atoms with van der Waals surface area (Å²) in [5.41, 5.74) is 1.77. The van der Waals surface area contributed by atoms with Gasteiger partial charge in [-0.1, -0.05) is 30.3 Å². The van der Waals surface area contributed by atoms with E-state index in [1.807, 2.05) is 37.3 Å². The van der Waals surface area contributed by atoms with Gasteiger partial charge in [-0.3, -0.25) is 4.79 Å². The van der Waals surface area contributed by atoms with Crippen LogP contribution >= 0.6 is 0 Å². The van der Waals surface area contributed by atoms with Crippen LogP contribution in [0.15, 0.2) is 42.5 Å². The molecule has 0 spiro atoms. The maximum Gasteiger partial charge on any atom is 0.329 e. The van der Waals surface area contributed by atoms with Gasteiger partial charge in [-0.15, -0.1) is 0 Å². The second-order valence-electron chi connectivity index (χ2n) is 8.97. The van der Waals surface area contributed by atoms with Gasteiger partial charge in [0, 0.05) is 6.54 Å². The quantitative estimate of drug-likeness (QED) is 0.425. The van der Waals surface area contributed by atoms with Crippen molar-refractivity contribution in [1.82, 2.24) is 4.90 Å². The van der Waals surface area contributed by atoms with Gasteiger partial charge in [-0.2, -0.15) is 0 Å². The molecule has 0 aliphatic carbocycles. The first-order valence-electron chi connectivity index (χ1n) is 12.3. The zero-order chi connectivity index (χ0) is 26.1. The summed E-state index contributed by atoms with van der Waals surface area (Å²) in [6.07, 6.45) is 1.85. The largest absolute Gasteiger partial charge is 0.493 e. The standard InChI is InChI=1S/C28H37NO7/c1-19(17-35-18-21-11-7-6-8-12-21)36-28(31)23-13-9-10-14-29(23)27(30)20(2)22-15-24(32-3)26(34-5)25(16-22)33-4/h6-8,11-12,15-16,19-20,23H,9-10,13-14,17-18H2,1-5H3/t19-,20+,23+/m1/s1. The van der Waals surface area contributed by atoms with Gasteiger partial charge in [-0.05, 0) is 56.4 Å². The maximum absolute atomic E-state index is 13.6. The zero-order valence-corrected chi connectivity index (χ0v) is 21.8. The van der Waals surface area contributed by atoms with Crippen molar-refractivity contribution in [2.45, 2.75) is 57.8 Å². The van der Waals surface area contributed by atoms with E-state index < -0.39 is 24.0 Å². The number of nitrogens with zero attached hydrogens (tertiary/aromatic N) is 1. The molecule has 8 nitrogen and oxygen atoms in total. The van der Waals surface area contributed by atoms with Crippen LogP contribution in [0, 0.1) is 0 Å². The summed E-state index contributed by atoms with van der Waals surface area (Å²) in [5, 5.41) is 0. The number of carbonyl (C=O) groups excluding carboxylic acids is 2. The predicted octanol–water partition coefficient (Wildman–Crippen LogP) is 4.35. The number of ether oxygens (including phenoxy) is 5. The molecular formula is C28H37NO7. The molecule has 0 aromatic heterocycles. The molecule has 1 heterocycles. The van der Waals surface area contributed by atoms with E-state index in [-0.39, 0.29) is 12.5 Å². The topological polar surface area (TPSA) is 83.5 Å². The number of benzene rings is 2. The van der Waals surface area contributed by atoms with E-state index in [9.17, 15) is 9.59 Å². The number of piperidine rings is 1. The fraction of sp³-hybridized carbons (Fsp3) is 0.500. The summed E-state index contributed by atoms with van der Waals surface area (Å²) in [7, 11) is 4.61. The fourth-order valence-electron chi connectivity index (χ4n) is 4.41. The predicted molar refractivity (Wildman–Crippen MR) is 136 cm³/mol. The number of likely N-dealkylation sites (tertiary alicyclic amines) is 1. The van der Waals surface area contributed by atoms with Crippen LogP contribution in [0.1, 0.15) is 50.2 Å². The summed E-state index contributed by atoms with van der Waals surface area (Å²) < 4.78 is 27.7. The molecule has 196 valence electrons. The average Bonchev–Trinajstić information content (AvgIpc) is 2.91. The molecule has 0 saturated carbocycles. The van der Waals surface area contributed by atoms with E-state index in [2.05, 4.69) is 0 Å². The minimum absolute atomic E-state index is 0.140. The maximum atomic E-state index is 13.6. The molecule has 0 radical (unpaired) electrons. The molecule has 8 heteroatoms. The van der Waals surface area contributed by atoms with Crippen molar-refractivity contribution >= 4 is 11.9 Å². The van der Waals surface area contributed by atoms with Crippen molar-refractivity contribution < 1.29 is 33.3 Å². The van der Waals surface area contributed by atoms with Crippen molar-refractivity contribution in [1.29, 1.82) is 0 Å². The lowest BCUT2D eigenvalue weighted by Crippen LogP contribution is -2.50. The molecule has 1 amide bonds. The molecule has 36 heavy (non-hydrogen) atoms. The molecule has 1 saturated heterocycles. The highest BCUT2D eigenvalue weighted by Crippen LogP contribution is 2.40. The van der Waals surface area contributed by atoms with Crippen LogP contribution in [-0.4, -0.2) is 63.4 Å². The van der Waals surface area contributed by atoms with Gasteiger partial charge >= 0.3 is 5.97 Å². The zero-order valence-electron chi connectivity index (χ0n) is 21.8. The Morgan fingerprint density at radius 1 is 0.972 bits per heavy atom. The third-order valence-corrected chi connectivity index (χ3v) is 6.40. The number of carbonyl (C=O) groups is 2. The van der Waals surface area contributed by atoms with Crippen LogP contribution < -0.4 is 14.2 Å². The lowest BCUT2D eigenvalue weighted by molar-refractivity contribution is -0.163. The van der Waals surface area contributed by atoms with Crippen LogP contribution in [0.25, 0.3) is 0 Å². The van der Waals surface area contributed by atoms with E-state index in [1.54, 1.807) is 24.0 Å². The third-order valence-electron chi connectivity index (χ3n) is 6.40. The third kappa shape index (κ3) is 6.69. The lowest BCUT2D eigenvalue weighted by Gasteiger charge is -2.36. The summed E-state index contributed by atoms with van der Waals surface area (Å²) in [4.78, 5) is 28.3. The normalized spacial score (nSPS) is 17.1. The minimum Gasteiger partial charge on any atom is -0.493 e. The highest BCUT2D eigenvalue weighted by molar-refractivity contribution is 5.89. The summed E-state index contributed by atoms with van der Waals surface area (Å²) in [6.45, 7) is 4.86. The molecule has 0 N–H and O–H groups in total. The van der Waals surface area contributed by atoms with Crippen molar-refractivity contribution in [2.24, 2.45) is 0 Å². The van der Waals surface area contributed by atoms with E-state index in [1.165, 1.54) is 21.3 Å². The van der Waals surface area contributed by atoms with Crippen LogP contribution in [0.2, 0.25) is 0 Å². The molecule has 1 aliphatic heterocycles. The van der Waals surface area contributed by atoms with Gasteiger partial charge in [-0.25, -0.2) is 4.79 Å². The fourth-order valence-corrected chi connectivity index (χ4v) is 4.41. The smallest absolute Gasteiger partial charge is 0.329 e. The molecular weight excluding hydrogens is 462 g/mol. The molecule has 3 atom stereocenters. The molecule has 0 unspecified atom stereocenters. The second-order valence-corrected chi connectivity index (χ2v) is 8.97. The van der Waals surface area contributed by atoms with E-state index in [0.29, 0.717) is 36.8 Å². The number of esters is 1. The Bertz CT molecular complexity index is 985. The SMILES string of the molecule is COc1cc([C@H](C)C(=O)N2CCCC[C@H]2C(=O)O[C@H](C)COCc2ccccc2)cc(OC)c1OC. The van der Waals surface area contributed by atoms with Crippen LogP contribution in [0.3, 0.4) is 0 Å². The number of hydrogen-bond donors (Lipinski definition) is 0. The van der Waals surface area contributed by atoms with Gasteiger partial charge in [0.25, 0.3) is 0 Å². The van der Waals surface area contributed by atoms with Crippen molar-refractivity contribution in [3.05, 3.63) is 53.6 Å². The Labute approximate surface area is 213 Å². The summed E-state index contributed by atoms with van der Waals surface area (Å²) >= 11 is 0. The number of rotatable bonds is 11. The van der Waals surface area contributed by atoms with E-state index in [4.69, 9.17) is 23.7 Å². The molecule has 0 bridgehead atoms. The van der Waals surface area contributed by atoms with Gasteiger partial charge in [0.2, 0.25) is 11.7 Å².